The normalized spacial score (nSPS) is 52.6. The first-order valence-electron chi connectivity index (χ1n) is 10.2. The van der Waals surface area contributed by atoms with E-state index in [0.717, 1.165) is 12.0 Å². The summed E-state index contributed by atoms with van der Waals surface area (Å²) < 4.78 is 16.8. The van der Waals surface area contributed by atoms with Gasteiger partial charge in [-0.15, -0.1) is 0 Å². The third-order valence-electron chi connectivity index (χ3n) is 8.68. The van der Waals surface area contributed by atoms with Gasteiger partial charge in [0.2, 0.25) is 0 Å². The molecule has 0 bridgehead atoms. The van der Waals surface area contributed by atoms with E-state index < -0.39 is 28.7 Å². The quantitative estimate of drug-likeness (QED) is 0.690. The molecule has 4 aliphatic rings. The van der Waals surface area contributed by atoms with Crippen LogP contribution in [-0.4, -0.2) is 45.6 Å². The molecule has 0 spiro atoms. The Balaban J connectivity index is 1.79. The fraction of sp³-hybridized carbons (Fsp3) is 0.773. The standard InChI is InChI=1S/C22H31FO4/c1-12-8-16-15-5-4-13-9-14(25)6-7-21(13,3)22(15,23)18(27)10-20(16,2)19(12)17(26)11-24/h6-7,9,12,15-19,24,26-27H,4-5,8,10-11H2,1-3H3/t12-,15+,16+,17-,18+,19-,20+,21+,22+/m1/s1. The molecule has 3 saturated carbocycles. The molecule has 4 nitrogen and oxygen atoms in total. The molecule has 0 unspecified atom stereocenters. The fourth-order valence-corrected chi connectivity index (χ4v) is 7.55. The number of fused-ring (bicyclic) bond motifs is 5. The lowest BCUT2D eigenvalue weighted by Gasteiger charge is -2.62. The summed E-state index contributed by atoms with van der Waals surface area (Å²) in [5.74, 6) is -0.397. The summed E-state index contributed by atoms with van der Waals surface area (Å²) in [6.07, 6.45) is 4.94. The number of ketones is 1. The molecule has 5 heteroatoms. The summed E-state index contributed by atoms with van der Waals surface area (Å²) in [4.78, 5) is 11.8. The summed E-state index contributed by atoms with van der Waals surface area (Å²) in [7, 11) is 0. The van der Waals surface area contributed by atoms with E-state index >= 15 is 4.39 Å². The second-order valence-electron chi connectivity index (χ2n) is 9.84. The third-order valence-corrected chi connectivity index (χ3v) is 8.68. The summed E-state index contributed by atoms with van der Waals surface area (Å²) in [5.41, 5.74) is -2.42. The smallest absolute Gasteiger partial charge is 0.178 e. The zero-order chi connectivity index (χ0) is 19.8. The average Bonchev–Trinajstić information content (AvgIpc) is 2.86. The maximum absolute atomic E-state index is 16.8. The van der Waals surface area contributed by atoms with Crippen LogP contribution in [0.4, 0.5) is 4.39 Å². The van der Waals surface area contributed by atoms with Gasteiger partial charge in [0.1, 0.15) is 0 Å². The van der Waals surface area contributed by atoms with Crippen molar-refractivity contribution in [1.82, 2.24) is 0 Å². The molecule has 4 aliphatic carbocycles. The number of carbonyl (C=O) groups is 1. The highest BCUT2D eigenvalue weighted by Gasteiger charge is 2.71. The van der Waals surface area contributed by atoms with Gasteiger partial charge in [0.25, 0.3) is 0 Å². The van der Waals surface area contributed by atoms with Crippen molar-refractivity contribution in [1.29, 1.82) is 0 Å². The Morgan fingerprint density at radius 2 is 2.04 bits per heavy atom. The van der Waals surface area contributed by atoms with E-state index in [0.29, 0.717) is 12.8 Å². The van der Waals surface area contributed by atoms with Gasteiger partial charge in [-0.05, 0) is 67.9 Å². The fourth-order valence-electron chi connectivity index (χ4n) is 7.55. The van der Waals surface area contributed by atoms with Crippen molar-refractivity contribution < 1.29 is 24.5 Å². The summed E-state index contributed by atoms with van der Waals surface area (Å²) in [5, 5.41) is 31.2. The SMILES string of the molecule is C[C@@H]1C[C@H]2[C@@H]3CCC4=CC(=O)C=C[C@]4(C)[C@@]3(F)[C@@H](O)C[C@]2(C)[C@H]1[C@H](O)CO. The molecule has 0 aromatic carbocycles. The second kappa shape index (κ2) is 5.98. The first-order valence-corrected chi connectivity index (χ1v) is 10.2. The molecule has 150 valence electrons. The van der Waals surface area contributed by atoms with Gasteiger partial charge >= 0.3 is 0 Å². The van der Waals surface area contributed by atoms with E-state index in [4.69, 9.17) is 0 Å². The van der Waals surface area contributed by atoms with Crippen LogP contribution in [-0.2, 0) is 4.79 Å². The van der Waals surface area contributed by atoms with Crippen molar-refractivity contribution in [2.24, 2.45) is 34.5 Å². The van der Waals surface area contributed by atoms with Crippen LogP contribution in [0.15, 0.2) is 23.8 Å². The molecule has 0 heterocycles. The zero-order valence-corrected chi connectivity index (χ0v) is 16.4. The van der Waals surface area contributed by atoms with Crippen molar-refractivity contribution in [3.63, 3.8) is 0 Å². The first-order chi connectivity index (χ1) is 12.6. The van der Waals surface area contributed by atoms with Gasteiger partial charge in [-0.25, -0.2) is 4.39 Å². The Labute approximate surface area is 160 Å². The molecule has 0 saturated heterocycles. The van der Waals surface area contributed by atoms with Crippen LogP contribution in [0.25, 0.3) is 0 Å². The van der Waals surface area contributed by atoms with Crippen molar-refractivity contribution in [3.05, 3.63) is 23.8 Å². The number of hydrogen-bond donors (Lipinski definition) is 3. The number of aliphatic hydroxyl groups is 3. The Kier molecular flexibility index (Phi) is 4.27. The van der Waals surface area contributed by atoms with E-state index in [-0.39, 0.29) is 42.5 Å². The highest BCUT2D eigenvalue weighted by atomic mass is 19.1. The Morgan fingerprint density at radius 3 is 2.70 bits per heavy atom. The molecule has 4 rings (SSSR count). The molecule has 9 atom stereocenters. The Morgan fingerprint density at radius 1 is 1.33 bits per heavy atom. The second-order valence-corrected chi connectivity index (χ2v) is 9.84. The molecule has 3 fully saturated rings. The lowest BCUT2D eigenvalue weighted by molar-refractivity contribution is -0.201. The van der Waals surface area contributed by atoms with Crippen molar-refractivity contribution in [2.75, 3.05) is 6.61 Å². The van der Waals surface area contributed by atoms with Crippen molar-refractivity contribution in [3.8, 4) is 0 Å². The molecular weight excluding hydrogens is 347 g/mol. The lowest BCUT2D eigenvalue weighted by Crippen LogP contribution is -2.67. The number of carbonyl (C=O) groups excluding carboxylic acids is 1. The topological polar surface area (TPSA) is 77.8 Å². The summed E-state index contributed by atoms with van der Waals surface area (Å²) in [6.45, 7) is 5.63. The number of aliphatic hydroxyl groups excluding tert-OH is 3. The van der Waals surface area contributed by atoms with Crippen molar-refractivity contribution >= 4 is 5.78 Å². The van der Waals surface area contributed by atoms with Crippen LogP contribution in [0, 0.1) is 34.5 Å². The molecule has 0 aromatic rings. The third kappa shape index (κ3) is 2.28. The number of hydrogen-bond acceptors (Lipinski definition) is 4. The maximum Gasteiger partial charge on any atom is 0.178 e. The van der Waals surface area contributed by atoms with Crippen LogP contribution in [0.1, 0.15) is 46.5 Å². The average molecular weight is 378 g/mol. The number of alkyl halides is 1. The minimum Gasteiger partial charge on any atom is -0.394 e. The van der Waals surface area contributed by atoms with E-state index in [1.807, 2.05) is 6.92 Å². The molecule has 0 aliphatic heterocycles. The minimum absolute atomic E-state index is 0.0384. The highest BCUT2D eigenvalue weighted by molar-refractivity contribution is 6.01. The largest absolute Gasteiger partial charge is 0.394 e. The van der Waals surface area contributed by atoms with Gasteiger partial charge in [-0.1, -0.05) is 25.5 Å². The molecule has 0 aromatic heterocycles. The van der Waals surface area contributed by atoms with Gasteiger partial charge in [-0.3, -0.25) is 4.79 Å². The molecule has 0 radical (unpaired) electrons. The van der Waals surface area contributed by atoms with Gasteiger partial charge in [0.15, 0.2) is 11.5 Å². The van der Waals surface area contributed by atoms with Crippen LogP contribution in [0.2, 0.25) is 0 Å². The first kappa shape index (κ1) is 19.3. The molecule has 0 amide bonds. The van der Waals surface area contributed by atoms with Crippen LogP contribution in [0.5, 0.6) is 0 Å². The Hall–Kier alpha value is -1.04. The number of rotatable bonds is 2. The predicted octanol–water partition coefficient (Wildman–Crippen LogP) is 2.57. The van der Waals surface area contributed by atoms with Gasteiger partial charge in [0, 0.05) is 11.3 Å². The summed E-state index contributed by atoms with van der Waals surface area (Å²) in [6, 6.07) is 0. The summed E-state index contributed by atoms with van der Waals surface area (Å²) >= 11 is 0. The number of allylic oxidation sites excluding steroid dienone is 4. The molecule has 27 heavy (non-hydrogen) atoms. The van der Waals surface area contributed by atoms with Crippen LogP contribution >= 0.6 is 0 Å². The maximum atomic E-state index is 16.8. The van der Waals surface area contributed by atoms with Gasteiger partial charge in [-0.2, -0.15) is 0 Å². The highest BCUT2D eigenvalue weighted by Crippen LogP contribution is 2.70. The monoisotopic (exact) mass is 378 g/mol. The molecule has 3 N–H and O–H groups in total. The van der Waals surface area contributed by atoms with Gasteiger partial charge < -0.3 is 15.3 Å². The molecular formula is C22H31FO4. The van der Waals surface area contributed by atoms with E-state index in [9.17, 15) is 20.1 Å². The van der Waals surface area contributed by atoms with Crippen LogP contribution in [0.3, 0.4) is 0 Å². The van der Waals surface area contributed by atoms with Gasteiger partial charge in [0.05, 0.1) is 18.8 Å². The zero-order valence-electron chi connectivity index (χ0n) is 16.4. The lowest BCUT2D eigenvalue weighted by atomic mass is 9.45. The van der Waals surface area contributed by atoms with Crippen molar-refractivity contribution in [2.45, 2.75) is 64.3 Å². The van der Waals surface area contributed by atoms with E-state index in [1.54, 1.807) is 12.2 Å². The van der Waals surface area contributed by atoms with Crippen LogP contribution < -0.4 is 0 Å². The number of halogens is 1. The predicted molar refractivity (Wildman–Crippen MR) is 99.5 cm³/mol. The Bertz CT molecular complexity index is 717. The minimum atomic E-state index is -1.82. The van der Waals surface area contributed by atoms with E-state index in [2.05, 4.69) is 13.8 Å². The van der Waals surface area contributed by atoms with E-state index in [1.165, 1.54) is 6.08 Å².